The summed E-state index contributed by atoms with van der Waals surface area (Å²) in [6.45, 7) is 3.80. The first-order valence-corrected chi connectivity index (χ1v) is 9.82. The van der Waals surface area contributed by atoms with Crippen molar-refractivity contribution in [1.82, 2.24) is 0 Å². The molecule has 0 spiro atoms. The zero-order chi connectivity index (χ0) is 15.8. The highest BCUT2D eigenvalue weighted by Crippen LogP contribution is 2.39. The van der Waals surface area contributed by atoms with E-state index in [-0.39, 0.29) is 4.90 Å². The maximum absolute atomic E-state index is 12.4. The average molecular weight is 498 g/mol. The number of hydrogen-bond donors (Lipinski definition) is 1. The molecule has 2 aromatic carbocycles. The van der Waals surface area contributed by atoms with Crippen LogP contribution in [0.15, 0.2) is 48.6 Å². The predicted molar refractivity (Wildman–Crippen MR) is 96.3 cm³/mol. The fourth-order valence-electron chi connectivity index (χ4n) is 1.69. The fourth-order valence-corrected chi connectivity index (χ4v) is 5.37. The summed E-state index contributed by atoms with van der Waals surface area (Å²) in [6.07, 6.45) is 0. The molecule has 0 aliphatic heterocycles. The number of nitrogens with one attached hydrogen (secondary N) is 1. The van der Waals surface area contributed by atoms with Gasteiger partial charge in [0.1, 0.15) is 0 Å². The van der Waals surface area contributed by atoms with Gasteiger partial charge in [0.15, 0.2) is 0 Å². The zero-order valence-electron chi connectivity index (χ0n) is 11.2. The van der Waals surface area contributed by atoms with Gasteiger partial charge in [-0.05, 0) is 69.5 Å². The lowest BCUT2D eigenvalue weighted by molar-refractivity contribution is 0.601. The SMILES string of the molecule is Cc1ccc(S(=O)(=O)Nc2c(Br)cc(Br)c(C)c2Br)cc1. The van der Waals surface area contributed by atoms with E-state index in [2.05, 4.69) is 52.5 Å². The van der Waals surface area contributed by atoms with Crippen molar-refractivity contribution in [3.8, 4) is 0 Å². The molecule has 0 unspecified atom stereocenters. The van der Waals surface area contributed by atoms with Gasteiger partial charge in [0, 0.05) is 13.4 Å². The van der Waals surface area contributed by atoms with E-state index in [1.54, 1.807) is 24.3 Å². The van der Waals surface area contributed by atoms with Gasteiger partial charge in [0.2, 0.25) is 0 Å². The lowest BCUT2D eigenvalue weighted by Crippen LogP contribution is -2.14. The monoisotopic (exact) mass is 495 g/mol. The molecule has 1 N–H and O–H groups in total. The van der Waals surface area contributed by atoms with E-state index in [0.29, 0.717) is 14.6 Å². The van der Waals surface area contributed by atoms with Crippen LogP contribution >= 0.6 is 47.8 Å². The highest BCUT2D eigenvalue weighted by molar-refractivity contribution is 9.11. The Morgan fingerprint density at radius 2 is 1.52 bits per heavy atom. The van der Waals surface area contributed by atoms with E-state index in [1.165, 1.54) is 0 Å². The Hall–Kier alpha value is -0.370. The van der Waals surface area contributed by atoms with Crippen molar-refractivity contribution in [2.45, 2.75) is 18.7 Å². The summed E-state index contributed by atoms with van der Waals surface area (Å²) in [5.41, 5.74) is 2.41. The van der Waals surface area contributed by atoms with Crippen LogP contribution < -0.4 is 4.72 Å². The van der Waals surface area contributed by atoms with Gasteiger partial charge in [-0.2, -0.15) is 0 Å². The van der Waals surface area contributed by atoms with Crippen molar-refractivity contribution in [3.05, 3.63) is 54.9 Å². The minimum absolute atomic E-state index is 0.229. The summed E-state index contributed by atoms with van der Waals surface area (Å²) in [5, 5.41) is 0. The Kier molecular flexibility index (Phi) is 5.18. The Morgan fingerprint density at radius 1 is 0.952 bits per heavy atom. The maximum Gasteiger partial charge on any atom is 0.261 e. The highest BCUT2D eigenvalue weighted by atomic mass is 79.9. The van der Waals surface area contributed by atoms with Crippen molar-refractivity contribution in [2.24, 2.45) is 0 Å². The van der Waals surface area contributed by atoms with Crippen LogP contribution in [0.1, 0.15) is 11.1 Å². The maximum atomic E-state index is 12.4. The molecule has 2 rings (SSSR count). The van der Waals surface area contributed by atoms with Gasteiger partial charge in [-0.3, -0.25) is 4.72 Å². The molecule has 0 bridgehead atoms. The van der Waals surface area contributed by atoms with E-state index in [4.69, 9.17) is 0 Å². The number of aryl methyl sites for hydroxylation is 1. The van der Waals surface area contributed by atoms with Crippen LogP contribution in [0, 0.1) is 13.8 Å². The molecule has 0 saturated heterocycles. The van der Waals surface area contributed by atoms with E-state index >= 15 is 0 Å². The van der Waals surface area contributed by atoms with Crippen molar-refractivity contribution in [2.75, 3.05) is 4.72 Å². The highest BCUT2D eigenvalue weighted by Gasteiger charge is 2.19. The lowest BCUT2D eigenvalue weighted by Gasteiger charge is -2.14. The number of halogens is 3. The van der Waals surface area contributed by atoms with Crippen LogP contribution in [0.25, 0.3) is 0 Å². The molecule has 0 radical (unpaired) electrons. The van der Waals surface area contributed by atoms with Crippen molar-refractivity contribution in [1.29, 1.82) is 0 Å². The summed E-state index contributed by atoms with van der Waals surface area (Å²) in [6, 6.07) is 8.53. The van der Waals surface area contributed by atoms with Crippen LogP contribution in [-0.2, 0) is 10.0 Å². The van der Waals surface area contributed by atoms with Gasteiger partial charge in [-0.15, -0.1) is 0 Å². The van der Waals surface area contributed by atoms with E-state index in [9.17, 15) is 8.42 Å². The van der Waals surface area contributed by atoms with Gasteiger partial charge in [-0.1, -0.05) is 33.6 Å². The molecule has 3 nitrogen and oxygen atoms in total. The van der Waals surface area contributed by atoms with Gasteiger partial charge >= 0.3 is 0 Å². The Labute approximate surface area is 149 Å². The molecule has 112 valence electrons. The second kappa shape index (κ2) is 6.40. The third kappa shape index (κ3) is 3.70. The molecular weight excluding hydrogens is 486 g/mol. The minimum atomic E-state index is -3.63. The molecule has 0 aliphatic carbocycles. The molecule has 0 saturated carbocycles. The number of rotatable bonds is 3. The molecule has 21 heavy (non-hydrogen) atoms. The summed E-state index contributed by atoms with van der Waals surface area (Å²) in [4.78, 5) is 0.229. The first-order chi connectivity index (χ1) is 9.72. The van der Waals surface area contributed by atoms with E-state index in [0.717, 1.165) is 15.6 Å². The van der Waals surface area contributed by atoms with Gasteiger partial charge in [-0.25, -0.2) is 8.42 Å². The topological polar surface area (TPSA) is 46.2 Å². The van der Waals surface area contributed by atoms with Crippen LogP contribution in [0.5, 0.6) is 0 Å². The molecule has 0 heterocycles. The molecule has 0 aromatic heterocycles. The van der Waals surface area contributed by atoms with E-state index < -0.39 is 10.0 Å². The average Bonchev–Trinajstić information content (AvgIpc) is 2.42. The Bertz CT molecular complexity index is 787. The Balaban J connectivity index is 2.47. The van der Waals surface area contributed by atoms with Gasteiger partial charge < -0.3 is 0 Å². The second-order valence-electron chi connectivity index (χ2n) is 4.57. The minimum Gasteiger partial charge on any atom is -0.277 e. The third-order valence-corrected chi connectivity index (χ3v) is 6.77. The zero-order valence-corrected chi connectivity index (χ0v) is 16.8. The molecule has 0 fully saturated rings. The molecule has 0 atom stereocenters. The molecule has 7 heteroatoms. The first-order valence-electron chi connectivity index (χ1n) is 5.96. The summed E-state index contributed by atoms with van der Waals surface area (Å²) in [7, 11) is -3.63. The van der Waals surface area contributed by atoms with Crippen LogP contribution in [0.3, 0.4) is 0 Å². The number of sulfonamides is 1. The third-order valence-electron chi connectivity index (χ3n) is 2.97. The normalized spacial score (nSPS) is 11.5. The quantitative estimate of drug-likeness (QED) is 0.618. The van der Waals surface area contributed by atoms with Crippen molar-refractivity contribution in [3.63, 3.8) is 0 Å². The Morgan fingerprint density at radius 3 is 2.10 bits per heavy atom. The second-order valence-corrected chi connectivity index (χ2v) is 8.76. The lowest BCUT2D eigenvalue weighted by atomic mass is 10.2. The predicted octanol–water partition coefficient (Wildman–Crippen LogP) is 5.39. The van der Waals surface area contributed by atoms with E-state index in [1.807, 2.05) is 19.9 Å². The smallest absolute Gasteiger partial charge is 0.261 e. The van der Waals surface area contributed by atoms with Crippen LogP contribution in [-0.4, -0.2) is 8.42 Å². The molecule has 2 aromatic rings. The first kappa shape index (κ1) is 17.0. The summed E-state index contributed by atoms with van der Waals surface area (Å²) < 4.78 is 29.8. The summed E-state index contributed by atoms with van der Waals surface area (Å²) in [5.74, 6) is 0. The van der Waals surface area contributed by atoms with Crippen molar-refractivity contribution >= 4 is 63.5 Å². The van der Waals surface area contributed by atoms with Crippen molar-refractivity contribution < 1.29 is 8.42 Å². The summed E-state index contributed by atoms with van der Waals surface area (Å²) >= 11 is 10.2. The fraction of sp³-hybridized carbons (Fsp3) is 0.143. The van der Waals surface area contributed by atoms with Crippen LogP contribution in [0.4, 0.5) is 5.69 Å². The molecule has 0 amide bonds. The number of hydrogen-bond acceptors (Lipinski definition) is 2. The van der Waals surface area contributed by atoms with Gasteiger partial charge in [0.25, 0.3) is 10.0 Å². The van der Waals surface area contributed by atoms with Gasteiger partial charge in [0.05, 0.1) is 10.6 Å². The van der Waals surface area contributed by atoms with Crippen LogP contribution in [0.2, 0.25) is 0 Å². The molecular formula is C14H12Br3NO2S. The number of anilines is 1. The number of benzene rings is 2. The standard InChI is InChI=1S/C14H12Br3NO2S/c1-8-3-5-10(6-4-8)21(19,20)18-14-12(16)7-11(15)9(2)13(14)17/h3-7,18H,1-2H3. The largest absolute Gasteiger partial charge is 0.277 e. The molecule has 0 aliphatic rings.